The third-order valence-electron chi connectivity index (χ3n) is 4.60. The van der Waals surface area contributed by atoms with E-state index in [1.165, 1.54) is 0 Å². The van der Waals surface area contributed by atoms with Crippen LogP contribution in [0.1, 0.15) is 25.0 Å². The first-order chi connectivity index (χ1) is 9.55. The second-order valence-corrected chi connectivity index (χ2v) is 8.46. The van der Waals surface area contributed by atoms with Gasteiger partial charge in [-0.25, -0.2) is 8.42 Å². The molecule has 1 aromatic carbocycles. The fourth-order valence-electron chi connectivity index (χ4n) is 2.55. The predicted octanol–water partition coefficient (Wildman–Crippen LogP) is 1.60. The van der Waals surface area contributed by atoms with Gasteiger partial charge in [-0.15, -0.1) is 0 Å². The van der Waals surface area contributed by atoms with Crippen LogP contribution in [0.5, 0.6) is 0 Å². The van der Waals surface area contributed by atoms with Crippen molar-refractivity contribution in [1.82, 2.24) is 9.21 Å². The first kappa shape index (κ1) is 16.3. The molecule has 118 valence electrons. The summed E-state index contributed by atoms with van der Waals surface area (Å²) in [6.45, 7) is 9.63. The minimum absolute atomic E-state index is 0.170. The zero-order valence-electron chi connectivity index (χ0n) is 13.5. The van der Waals surface area contributed by atoms with E-state index >= 15 is 0 Å². The van der Waals surface area contributed by atoms with Crippen LogP contribution in [0.2, 0.25) is 0 Å². The van der Waals surface area contributed by atoms with Gasteiger partial charge in [-0.2, -0.15) is 4.31 Å². The minimum atomic E-state index is -3.49. The number of hydrogen-bond donors (Lipinski definition) is 1. The highest BCUT2D eigenvalue weighted by molar-refractivity contribution is 7.89. The van der Waals surface area contributed by atoms with E-state index in [4.69, 9.17) is 5.73 Å². The molecule has 5 nitrogen and oxygen atoms in total. The van der Waals surface area contributed by atoms with Crippen molar-refractivity contribution in [2.24, 2.45) is 0 Å². The Kier molecular flexibility index (Phi) is 4.08. The number of hydrogen-bond acceptors (Lipinski definition) is 4. The lowest BCUT2D eigenvalue weighted by Gasteiger charge is -2.44. The zero-order valence-corrected chi connectivity index (χ0v) is 14.3. The molecule has 1 aromatic rings. The Morgan fingerprint density at radius 2 is 1.81 bits per heavy atom. The molecule has 0 spiro atoms. The molecular formula is C15H25N3O2S. The number of benzene rings is 1. The molecule has 1 fully saturated rings. The molecule has 0 bridgehead atoms. The third-order valence-corrected chi connectivity index (χ3v) is 6.42. The Bertz CT molecular complexity index is 630. The molecule has 0 radical (unpaired) electrons. The second kappa shape index (κ2) is 5.26. The zero-order chi connectivity index (χ0) is 16.0. The number of nitrogen functional groups attached to an aromatic ring is 1. The Morgan fingerprint density at radius 1 is 1.19 bits per heavy atom. The second-order valence-electron chi connectivity index (χ2n) is 6.53. The van der Waals surface area contributed by atoms with E-state index in [0.29, 0.717) is 23.7 Å². The van der Waals surface area contributed by atoms with Crippen LogP contribution in [0.4, 0.5) is 5.69 Å². The summed E-state index contributed by atoms with van der Waals surface area (Å²) in [6, 6.07) is 3.29. The summed E-state index contributed by atoms with van der Waals surface area (Å²) in [6.07, 6.45) is 0. The maximum atomic E-state index is 12.8. The molecule has 2 N–H and O–H groups in total. The van der Waals surface area contributed by atoms with Gasteiger partial charge < -0.3 is 5.73 Å². The highest BCUT2D eigenvalue weighted by Crippen LogP contribution is 2.28. The molecule has 21 heavy (non-hydrogen) atoms. The molecule has 0 aliphatic carbocycles. The van der Waals surface area contributed by atoms with Gasteiger partial charge in [0.15, 0.2) is 0 Å². The van der Waals surface area contributed by atoms with Crippen molar-refractivity contribution in [3.05, 3.63) is 23.3 Å². The standard InChI is InChI=1S/C15H25N3O2S/c1-11-8-13(9-14(16)12(11)2)21(19,20)18-7-6-17(5)15(3,4)10-18/h8-9H,6-7,10,16H2,1-5H3. The first-order valence-electron chi connectivity index (χ1n) is 7.14. The third kappa shape index (κ3) is 2.93. The number of anilines is 1. The van der Waals surface area contributed by atoms with Crippen LogP contribution in [0, 0.1) is 13.8 Å². The van der Waals surface area contributed by atoms with Crippen molar-refractivity contribution < 1.29 is 8.42 Å². The van der Waals surface area contributed by atoms with Crippen LogP contribution in [-0.4, -0.2) is 49.8 Å². The highest BCUT2D eigenvalue weighted by Gasteiger charge is 2.37. The number of nitrogens with two attached hydrogens (primary N) is 1. The molecule has 1 saturated heterocycles. The highest BCUT2D eigenvalue weighted by atomic mass is 32.2. The van der Waals surface area contributed by atoms with Gasteiger partial charge >= 0.3 is 0 Å². The Hall–Kier alpha value is -1.11. The summed E-state index contributed by atoms with van der Waals surface area (Å²) in [5.74, 6) is 0. The van der Waals surface area contributed by atoms with Gasteiger partial charge in [-0.3, -0.25) is 4.90 Å². The molecule has 0 amide bonds. The molecule has 1 aliphatic rings. The molecule has 0 atom stereocenters. The lowest BCUT2D eigenvalue weighted by Crippen LogP contribution is -2.58. The van der Waals surface area contributed by atoms with Gasteiger partial charge in [-0.1, -0.05) is 0 Å². The van der Waals surface area contributed by atoms with Crippen LogP contribution in [-0.2, 0) is 10.0 Å². The van der Waals surface area contributed by atoms with Gasteiger partial charge in [0.1, 0.15) is 0 Å². The molecule has 0 aromatic heterocycles. The van der Waals surface area contributed by atoms with E-state index < -0.39 is 10.0 Å². The molecule has 0 saturated carbocycles. The van der Waals surface area contributed by atoms with Crippen LogP contribution in [0.15, 0.2) is 17.0 Å². The van der Waals surface area contributed by atoms with E-state index in [9.17, 15) is 8.42 Å². The monoisotopic (exact) mass is 311 g/mol. The Labute approximate surface area is 127 Å². The van der Waals surface area contributed by atoms with E-state index in [2.05, 4.69) is 18.7 Å². The average Bonchev–Trinajstić information content (AvgIpc) is 2.38. The van der Waals surface area contributed by atoms with Crippen LogP contribution in [0.25, 0.3) is 0 Å². The summed E-state index contributed by atoms with van der Waals surface area (Å²) in [5, 5.41) is 0. The number of piperazine rings is 1. The van der Waals surface area contributed by atoms with Gasteiger partial charge in [0, 0.05) is 30.9 Å². The lowest BCUT2D eigenvalue weighted by molar-refractivity contribution is 0.0801. The first-order valence-corrected chi connectivity index (χ1v) is 8.58. The Balaban J connectivity index is 2.39. The maximum Gasteiger partial charge on any atom is 0.243 e. The summed E-state index contributed by atoms with van der Waals surface area (Å²) in [4.78, 5) is 2.48. The van der Waals surface area contributed by atoms with E-state index in [1.807, 2.05) is 20.9 Å². The van der Waals surface area contributed by atoms with E-state index in [1.54, 1.807) is 16.4 Å². The molecule has 6 heteroatoms. The van der Waals surface area contributed by atoms with Gasteiger partial charge in [0.25, 0.3) is 0 Å². The fourth-order valence-corrected chi connectivity index (χ4v) is 4.26. The van der Waals surface area contributed by atoms with Gasteiger partial charge in [0.2, 0.25) is 10.0 Å². The van der Waals surface area contributed by atoms with Crippen molar-refractivity contribution in [1.29, 1.82) is 0 Å². The lowest BCUT2D eigenvalue weighted by atomic mass is 10.0. The molecular weight excluding hydrogens is 286 g/mol. The number of aryl methyl sites for hydroxylation is 1. The van der Waals surface area contributed by atoms with Crippen molar-refractivity contribution in [3.63, 3.8) is 0 Å². The summed E-state index contributed by atoms with van der Waals surface area (Å²) < 4.78 is 27.3. The Morgan fingerprint density at radius 3 is 2.33 bits per heavy atom. The van der Waals surface area contributed by atoms with Crippen molar-refractivity contribution in [3.8, 4) is 0 Å². The van der Waals surface area contributed by atoms with Crippen LogP contribution < -0.4 is 5.73 Å². The minimum Gasteiger partial charge on any atom is -0.398 e. The van der Waals surface area contributed by atoms with E-state index in [0.717, 1.165) is 17.7 Å². The van der Waals surface area contributed by atoms with Crippen molar-refractivity contribution in [2.45, 2.75) is 38.1 Å². The van der Waals surface area contributed by atoms with Crippen LogP contribution in [0.3, 0.4) is 0 Å². The molecule has 2 rings (SSSR count). The number of nitrogens with zero attached hydrogens (tertiary/aromatic N) is 2. The van der Waals surface area contributed by atoms with Gasteiger partial charge in [-0.05, 0) is 58.0 Å². The average molecular weight is 311 g/mol. The van der Waals surface area contributed by atoms with Gasteiger partial charge in [0.05, 0.1) is 4.90 Å². The fraction of sp³-hybridized carbons (Fsp3) is 0.600. The molecule has 1 aliphatic heterocycles. The number of likely N-dealkylation sites (N-methyl/N-ethyl adjacent to an activating group) is 1. The van der Waals surface area contributed by atoms with Crippen molar-refractivity contribution in [2.75, 3.05) is 32.4 Å². The smallest absolute Gasteiger partial charge is 0.243 e. The van der Waals surface area contributed by atoms with Crippen LogP contribution >= 0.6 is 0 Å². The normalized spacial score (nSPS) is 20.6. The maximum absolute atomic E-state index is 12.8. The van der Waals surface area contributed by atoms with E-state index in [-0.39, 0.29) is 5.54 Å². The number of rotatable bonds is 2. The topological polar surface area (TPSA) is 66.6 Å². The predicted molar refractivity (Wildman–Crippen MR) is 85.8 cm³/mol. The quantitative estimate of drug-likeness (QED) is 0.843. The summed E-state index contributed by atoms with van der Waals surface area (Å²) >= 11 is 0. The molecule has 0 unspecified atom stereocenters. The largest absolute Gasteiger partial charge is 0.398 e. The number of sulfonamides is 1. The summed E-state index contributed by atoms with van der Waals surface area (Å²) in [7, 11) is -1.47. The molecule has 1 heterocycles. The summed E-state index contributed by atoms with van der Waals surface area (Å²) in [5.41, 5.74) is 8.13. The SMILES string of the molecule is Cc1cc(S(=O)(=O)N2CCN(C)C(C)(C)C2)cc(N)c1C. The van der Waals surface area contributed by atoms with Crippen molar-refractivity contribution >= 4 is 15.7 Å².